The molecule has 1 aromatic carbocycles. The summed E-state index contributed by atoms with van der Waals surface area (Å²) in [4.78, 5) is 23.9. The van der Waals surface area contributed by atoms with Gasteiger partial charge < -0.3 is 10.4 Å². The van der Waals surface area contributed by atoms with Crippen molar-refractivity contribution in [1.29, 1.82) is 0 Å². The number of rotatable bonds is 6. The fourth-order valence-electron chi connectivity index (χ4n) is 1.55. The highest BCUT2D eigenvalue weighted by Crippen LogP contribution is 2.30. The number of carbonyl (C=O) groups excluding carboxylic acids is 1. The molecule has 4 nitrogen and oxygen atoms in total. The maximum absolute atomic E-state index is 12.0. The van der Waals surface area contributed by atoms with Crippen LogP contribution in [0.25, 0.3) is 0 Å². The predicted octanol–water partition coefficient (Wildman–Crippen LogP) is 3.89. The van der Waals surface area contributed by atoms with Crippen molar-refractivity contribution in [2.45, 2.75) is 32.1 Å². The van der Waals surface area contributed by atoms with Crippen molar-refractivity contribution in [2.75, 3.05) is 11.1 Å². The molecular formula is C14H18ClNO3S. The largest absolute Gasteiger partial charge is 0.481 e. The summed E-state index contributed by atoms with van der Waals surface area (Å²) < 4.78 is 0. The van der Waals surface area contributed by atoms with Crippen molar-refractivity contribution in [3.8, 4) is 0 Å². The normalized spacial score (nSPS) is 11.2. The van der Waals surface area contributed by atoms with Gasteiger partial charge in [0.2, 0.25) is 5.91 Å². The molecule has 2 N–H and O–H groups in total. The number of aliphatic carboxylic acids is 1. The molecule has 0 saturated carbocycles. The van der Waals surface area contributed by atoms with Crippen LogP contribution in [0.5, 0.6) is 0 Å². The zero-order valence-electron chi connectivity index (χ0n) is 11.7. The van der Waals surface area contributed by atoms with Gasteiger partial charge in [-0.25, -0.2) is 0 Å². The summed E-state index contributed by atoms with van der Waals surface area (Å²) in [5.41, 5.74) is -0.476. The average molecular weight is 316 g/mol. The molecule has 1 amide bonds. The Labute approximate surface area is 127 Å². The van der Waals surface area contributed by atoms with Crippen LogP contribution in [0.3, 0.4) is 0 Å². The maximum atomic E-state index is 12.0. The molecule has 0 aliphatic carbocycles. The predicted molar refractivity (Wildman–Crippen MR) is 82.5 cm³/mol. The standard InChI is InChI=1S/C14H18ClNO3S/c1-4-20-11-6-5-9(15)7-10(11)16-12(17)8-14(2,3)13(18)19/h5-7H,4,8H2,1-3H3,(H,16,17)(H,18,19). The van der Waals surface area contributed by atoms with Crippen molar-refractivity contribution < 1.29 is 14.7 Å². The Morgan fingerprint density at radius 3 is 2.60 bits per heavy atom. The monoisotopic (exact) mass is 315 g/mol. The minimum absolute atomic E-state index is 0.0922. The van der Waals surface area contributed by atoms with Gasteiger partial charge in [-0.3, -0.25) is 9.59 Å². The molecule has 0 spiro atoms. The van der Waals surface area contributed by atoms with E-state index in [4.69, 9.17) is 16.7 Å². The zero-order chi connectivity index (χ0) is 15.3. The Morgan fingerprint density at radius 1 is 1.40 bits per heavy atom. The third kappa shape index (κ3) is 4.72. The number of hydrogen-bond acceptors (Lipinski definition) is 3. The lowest BCUT2D eigenvalue weighted by atomic mass is 9.89. The minimum Gasteiger partial charge on any atom is -0.481 e. The molecule has 0 atom stereocenters. The Balaban J connectivity index is 2.85. The Bertz CT molecular complexity index is 517. The van der Waals surface area contributed by atoms with Crippen LogP contribution in [-0.4, -0.2) is 22.7 Å². The van der Waals surface area contributed by atoms with E-state index in [-0.39, 0.29) is 12.3 Å². The molecule has 1 rings (SSSR count). The molecule has 6 heteroatoms. The number of carbonyl (C=O) groups is 2. The molecule has 0 bridgehead atoms. The molecule has 110 valence electrons. The van der Waals surface area contributed by atoms with E-state index >= 15 is 0 Å². The number of carboxylic acids is 1. The third-order valence-electron chi connectivity index (χ3n) is 2.70. The molecule has 0 unspecified atom stereocenters. The van der Waals surface area contributed by atoms with Gasteiger partial charge in [-0.2, -0.15) is 0 Å². The van der Waals surface area contributed by atoms with Crippen molar-refractivity contribution in [1.82, 2.24) is 0 Å². The summed E-state index contributed by atoms with van der Waals surface area (Å²) in [7, 11) is 0. The zero-order valence-corrected chi connectivity index (χ0v) is 13.3. The van der Waals surface area contributed by atoms with Gasteiger partial charge in [-0.15, -0.1) is 11.8 Å². The van der Waals surface area contributed by atoms with E-state index in [1.165, 1.54) is 13.8 Å². The number of benzene rings is 1. The Morgan fingerprint density at radius 2 is 2.05 bits per heavy atom. The van der Waals surface area contributed by atoms with Crippen molar-refractivity contribution in [2.24, 2.45) is 5.41 Å². The number of carboxylic acid groups (broad SMARTS) is 1. The first kappa shape index (κ1) is 16.9. The quantitative estimate of drug-likeness (QED) is 0.781. The van der Waals surface area contributed by atoms with Gasteiger partial charge in [-0.1, -0.05) is 18.5 Å². The van der Waals surface area contributed by atoms with E-state index in [2.05, 4.69) is 5.32 Å². The number of halogens is 1. The van der Waals surface area contributed by atoms with Gasteiger partial charge in [0.15, 0.2) is 0 Å². The van der Waals surface area contributed by atoms with Gasteiger partial charge in [0, 0.05) is 16.3 Å². The Kier molecular flexibility index (Phi) is 5.89. The molecule has 0 aromatic heterocycles. The smallest absolute Gasteiger partial charge is 0.309 e. The fraction of sp³-hybridized carbons (Fsp3) is 0.429. The lowest BCUT2D eigenvalue weighted by Crippen LogP contribution is -2.29. The van der Waals surface area contributed by atoms with Crippen LogP contribution >= 0.6 is 23.4 Å². The summed E-state index contributed by atoms with van der Waals surface area (Å²) in [5, 5.41) is 12.3. The fourth-order valence-corrected chi connectivity index (χ4v) is 2.47. The molecular weight excluding hydrogens is 298 g/mol. The number of hydrogen-bond donors (Lipinski definition) is 2. The van der Waals surface area contributed by atoms with Crippen molar-refractivity contribution in [3.63, 3.8) is 0 Å². The van der Waals surface area contributed by atoms with Crippen molar-refractivity contribution in [3.05, 3.63) is 23.2 Å². The number of thioether (sulfide) groups is 1. The molecule has 20 heavy (non-hydrogen) atoms. The molecule has 0 aliphatic heterocycles. The van der Waals surface area contributed by atoms with E-state index in [1.54, 1.807) is 23.9 Å². The lowest BCUT2D eigenvalue weighted by molar-refractivity contribution is -0.148. The molecule has 0 saturated heterocycles. The van der Waals surface area contributed by atoms with Crippen molar-refractivity contribution >= 4 is 40.9 Å². The van der Waals surface area contributed by atoms with Crippen LogP contribution < -0.4 is 5.32 Å². The second-order valence-corrected chi connectivity index (χ2v) is 6.73. The second-order valence-electron chi connectivity index (χ2n) is 4.99. The number of nitrogens with one attached hydrogen (secondary N) is 1. The highest BCUT2D eigenvalue weighted by atomic mass is 35.5. The van der Waals surface area contributed by atoms with E-state index in [0.29, 0.717) is 10.7 Å². The SMILES string of the molecule is CCSc1ccc(Cl)cc1NC(=O)CC(C)(C)C(=O)O. The van der Waals surface area contributed by atoms with Gasteiger partial charge in [0.05, 0.1) is 11.1 Å². The summed E-state index contributed by atoms with van der Waals surface area (Å²) in [5.74, 6) is -0.468. The first-order valence-corrected chi connectivity index (χ1v) is 7.58. The maximum Gasteiger partial charge on any atom is 0.309 e. The van der Waals surface area contributed by atoms with E-state index < -0.39 is 11.4 Å². The van der Waals surface area contributed by atoms with Gasteiger partial charge >= 0.3 is 5.97 Å². The molecule has 0 heterocycles. The second kappa shape index (κ2) is 6.99. The van der Waals surface area contributed by atoms with Crippen LogP contribution in [0.4, 0.5) is 5.69 Å². The molecule has 1 aromatic rings. The highest BCUT2D eigenvalue weighted by molar-refractivity contribution is 7.99. The summed E-state index contributed by atoms with van der Waals surface area (Å²) >= 11 is 7.52. The van der Waals surface area contributed by atoms with Gasteiger partial charge in [0.1, 0.15) is 0 Å². The summed E-state index contributed by atoms with van der Waals surface area (Å²) in [6.07, 6.45) is -0.0922. The highest BCUT2D eigenvalue weighted by Gasteiger charge is 2.30. The van der Waals surface area contributed by atoms with Crippen LogP contribution in [0, 0.1) is 5.41 Å². The lowest BCUT2D eigenvalue weighted by Gasteiger charge is -2.19. The molecule has 0 fully saturated rings. The Hall–Kier alpha value is -1.20. The third-order valence-corrected chi connectivity index (χ3v) is 3.89. The van der Waals surface area contributed by atoms with E-state index in [9.17, 15) is 9.59 Å². The summed E-state index contributed by atoms with van der Waals surface area (Å²) in [6.45, 7) is 5.06. The minimum atomic E-state index is -1.10. The molecule has 0 aliphatic rings. The summed E-state index contributed by atoms with van der Waals surface area (Å²) in [6, 6.07) is 5.27. The average Bonchev–Trinajstić information content (AvgIpc) is 2.31. The number of amides is 1. The topological polar surface area (TPSA) is 66.4 Å². The van der Waals surface area contributed by atoms with Crippen LogP contribution in [-0.2, 0) is 9.59 Å². The number of anilines is 1. The van der Waals surface area contributed by atoms with E-state index in [0.717, 1.165) is 10.6 Å². The first-order chi connectivity index (χ1) is 9.26. The molecule has 0 radical (unpaired) electrons. The van der Waals surface area contributed by atoms with Gasteiger partial charge in [0.25, 0.3) is 0 Å². The van der Waals surface area contributed by atoms with Crippen LogP contribution in [0.2, 0.25) is 5.02 Å². The van der Waals surface area contributed by atoms with Gasteiger partial charge in [-0.05, 0) is 37.8 Å². The van der Waals surface area contributed by atoms with E-state index in [1.807, 2.05) is 13.0 Å². The van der Waals surface area contributed by atoms with Crippen LogP contribution in [0.1, 0.15) is 27.2 Å². The first-order valence-electron chi connectivity index (χ1n) is 6.22. The van der Waals surface area contributed by atoms with Crippen LogP contribution in [0.15, 0.2) is 23.1 Å².